The number of aromatic nitrogens is 1. The van der Waals surface area contributed by atoms with Crippen LogP contribution in [-0.4, -0.2) is 55.7 Å². The van der Waals surface area contributed by atoms with E-state index in [0.717, 1.165) is 0 Å². The van der Waals surface area contributed by atoms with Crippen LogP contribution >= 0.6 is 0 Å². The molecule has 7 nitrogen and oxygen atoms in total. The number of hydrogen-bond acceptors (Lipinski definition) is 7. The Balaban J connectivity index is 2.05. The van der Waals surface area contributed by atoms with E-state index in [1.54, 1.807) is 19.2 Å². The summed E-state index contributed by atoms with van der Waals surface area (Å²) in [4.78, 5) is 29.0. The first-order chi connectivity index (χ1) is 10.4. The maximum absolute atomic E-state index is 11.7. The van der Waals surface area contributed by atoms with Crippen molar-refractivity contribution in [2.75, 3.05) is 26.7 Å². The van der Waals surface area contributed by atoms with Crippen molar-refractivity contribution in [1.29, 1.82) is 0 Å². The zero-order valence-corrected chi connectivity index (χ0v) is 12.9. The molecule has 1 aliphatic rings. The van der Waals surface area contributed by atoms with Crippen LogP contribution in [0.5, 0.6) is 5.75 Å². The van der Waals surface area contributed by atoms with Crippen LogP contribution in [0.25, 0.3) is 0 Å². The number of ether oxygens (including phenoxy) is 1. The van der Waals surface area contributed by atoms with Crippen LogP contribution in [0.1, 0.15) is 13.8 Å². The minimum absolute atomic E-state index is 0.0290. The Labute approximate surface area is 129 Å². The van der Waals surface area contributed by atoms with Gasteiger partial charge in [0.05, 0.1) is 25.9 Å². The second kappa shape index (κ2) is 7.26. The molecule has 0 bridgehead atoms. The summed E-state index contributed by atoms with van der Waals surface area (Å²) in [5, 5.41) is 0. The highest BCUT2D eigenvalue weighted by atomic mass is 16.6. The fourth-order valence-corrected chi connectivity index (χ4v) is 1.83. The van der Waals surface area contributed by atoms with Crippen molar-refractivity contribution in [2.24, 2.45) is 5.92 Å². The van der Waals surface area contributed by atoms with Gasteiger partial charge in [0.25, 0.3) is 0 Å². The van der Waals surface area contributed by atoms with E-state index < -0.39 is 19.1 Å². The monoisotopic (exact) mass is 306 g/mol. The van der Waals surface area contributed by atoms with Gasteiger partial charge in [-0.25, -0.2) is 0 Å². The van der Waals surface area contributed by atoms with Gasteiger partial charge < -0.3 is 14.0 Å². The van der Waals surface area contributed by atoms with Gasteiger partial charge in [-0.05, 0) is 25.1 Å². The van der Waals surface area contributed by atoms with Crippen LogP contribution in [0.4, 0.5) is 0 Å². The average Bonchev–Trinajstić information content (AvgIpc) is 2.43. The molecule has 2 heterocycles. The third-order valence-corrected chi connectivity index (χ3v) is 2.86. The normalized spacial score (nSPS) is 16.8. The maximum atomic E-state index is 11.7. The van der Waals surface area contributed by atoms with Crippen LogP contribution in [-0.2, 0) is 18.9 Å². The second-order valence-electron chi connectivity index (χ2n) is 5.61. The van der Waals surface area contributed by atoms with Crippen LogP contribution in [0.15, 0.2) is 18.3 Å². The summed E-state index contributed by atoms with van der Waals surface area (Å²) in [7, 11) is 0.523. The van der Waals surface area contributed by atoms with E-state index in [-0.39, 0.29) is 13.1 Å². The fraction of sp³-hybridized carbons (Fsp3) is 0.500. The molecule has 8 heteroatoms. The highest BCUT2D eigenvalue weighted by Gasteiger charge is 2.35. The van der Waals surface area contributed by atoms with Crippen molar-refractivity contribution in [3.05, 3.63) is 18.3 Å². The summed E-state index contributed by atoms with van der Waals surface area (Å²) in [5.41, 5.74) is 0.350. The smallest absolute Gasteiger partial charge is 0.493 e. The molecule has 1 fully saturated rings. The molecule has 1 aromatic rings. The SMILES string of the molecule is CC(C)COc1ccc(B2OC(=O)CN(C)CC(=O)O2)nc1. The van der Waals surface area contributed by atoms with Crippen molar-refractivity contribution in [2.45, 2.75) is 13.8 Å². The molecule has 22 heavy (non-hydrogen) atoms. The minimum atomic E-state index is -1.12. The third-order valence-electron chi connectivity index (χ3n) is 2.86. The molecule has 0 aliphatic carbocycles. The molecule has 0 spiro atoms. The Morgan fingerprint density at radius 3 is 2.41 bits per heavy atom. The number of carbonyl (C=O) groups excluding carboxylic acids is 2. The fourth-order valence-electron chi connectivity index (χ4n) is 1.83. The topological polar surface area (TPSA) is 78.0 Å². The van der Waals surface area contributed by atoms with Crippen LogP contribution in [0.3, 0.4) is 0 Å². The number of likely N-dealkylation sites (N-methyl/N-ethyl adjacent to an activating group) is 1. The van der Waals surface area contributed by atoms with Gasteiger partial charge in [0.1, 0.15) is 11.3 Å². The largest absolute Gasteiger partial charge is 0.656 e. The molecule has 0 atom stereocenters. The zero-order chi connectivity index (χ0) is 16.1. The highest BCUT2D eigenvalue weighted by Crippen LogP contribution is 2.08. The van der Waals surface area contributed by atoms with Crippen molar-refractivity contribution >= 4 is 24.7 Å². The summed E-state index contributed by atoms with van der Waals surface area (Å²) in [5.74, 6) is 0.0775. The van der Waals surface area contributed by atoms with E-state index in [0.29, 0.717) is 23.9 Å². The van der Waals surface area contributed by atoms with Gasteiger partial charge in [-0.15, -0.1) is 0 Å². The summed E-state index contributed by atoms with van der Waals surface area (Å²) in [6, 6.07) is 3.32. The average molecular weight is 306 g/mol. The predicted molar refractivity (Wildman–Crippen MR) is 79.6 cm³/mol. The lowest BCUT2D eigenvalue weighted by atomic mass is 9.83. The van der Waals surface area contributed by atoms with Gasteiger partial charge in [0.15, 0.2) is 0 Å². The van der Waals surface area contributed by atoms with E-state index >= 15 is 0 Å². The van der Waals surface area contributed by atoms with E-state index in [2.05, 4.69) is 4.98 Å². The first kappa shape index (κ1) is 16.3. The van der Waals surface area contributed by atoms with E-state index in [1.807, 2.05) is 13.8 Å². The lowest BCUT2D eigenvalue weighted by Gasteiger charge is -2.22. The molecule has 1 aromatic heterocycles. The number of rotatable bonds is 4. The lowest BCUT2D eigenvalue weighted by molar-refractivity contribution is -0.145. The molecule has 0 saturated carbocycles. The maximum Gasteiger partial charge on any atom is 0.656 e. The molecular weight excluding hydrogens is 287 g/mol. The number of nitrogens with zero attached hydrogens (tertiary/aromatic N) is 2. The third kappa shape index (κ3) is 4.73. The summed E-state index contributed by atoms with van der Waals surface area (Å²) >= 11 is 0. The first-order valence-corrected chi connectivity index (χ1v) is 7.10. The summed E-state index contributed by atoms with van der Waals surface area (Å²) in [6.45, 7) is 4.74. The Morgan fingerprint density at radius 2 is 1.91 bits per heavy atom. The van der Waals surface area contributed by atoms with E-state index in [9.17, 15) is 9.59 Å². The Bertz CT molecular complexity index is 515. The molecule has 0 amide bonds. The molecule has 0 radical (unpaired) electrons. The number of hydrogen-bond donors (Lipinski definition) is 0. The second-order valence-corrected chi connectivity index (χ2v) is 5.61. The van der Waals surface area contributed by atoms with Crippen LogP contribution in [0.2, 0.25) is 0 Å². The molecule has 0 unspecified atom stereocenters. The standard InChI is InChI=1S/C14H19BN2O5/c1-10(2)9-20-11-4-5-12(16-6-11)15-21-13(18)7-17(3)8-14(19)22-15/h4-6,10H,7-9H2,1-3H3. The van der Waals surface area contributed by atoms with Gasteiger partial charge in [0, 0.05) is 0 Å². The predicted octanol–water partition coefficient (Wildman–Crippen LogP) is -0.157. The molecule has 2 rings (SSSR count). The zero-order valence-electron chi connectivity index (χ0n) is 12.9. The quantitative estimate of drug-likeness (QED) is 0.715. The Morgan fingerprint density at radius 1 is 1.27 bits per heavy atom. The molecule has 0 N–H and O–H groups in total. The highest BCUT2D eigenvalue weighted by molar-refractivity contribution is 6.63. The number of pyridine rings is 1. The summed E-state index contributed by atoms with van der Waals surface area (Å²) in [6.07, 6.45) is 1.52. The molecule has 1 saturated heterocycles. The van der Waals surface area contributed by atoms with Gasteiger partial charge in [-0.2, -0.15) is 0 Å². The van der Waals surface area contributed by atoms with Crippen molar-refractivity contribution < 1.29 is 23.6 Å². The Kier molecular flexibility index (Phi) is 5.38. The molecule has 118 valence electrons. The minimum Gasteiger partial charge on any atom is -0.493 e. The molecule has 1 aliphatic heterocycles. The molecular formula is C14H19BN2O5. The van der Waals surface area contributed by atoms with Crippen molar-refractivity contribution in [3.63, 3.8) is 0 Å². The van der Waals surface area contributed by atoms with Crippen molar-refractivity contribution in [3.8, 4) is 5.75 Å². The summed E-state index contributed by atoms with van der Waals surface area (Å²) < 4.78 is 15.8. The van der Waals surface area contributed by atoms with Gasteiger partial charge in [-0.3, -0.25) is 19.5 Å². The van der Waals surface area contributed by atoms with E-state index in [4.69, 9.17) is 14.0 Å². The van der Waals surface area contributed by atoms with Crippen molar-refractivity contribution in [1.82, 2.24) is 9.88 Å². The lowest BCUT2D eigenvalue weighted by Crippen LogP contribution is -2.48. The molecule has 0 aromatic carbocycles. The van der Waals surface area contributed by atoms with E-state index in [1.165, 1.54) is 11.1 Å². The van der Waals surface area contributed by atoms with Crippen LogP contribution in [0, 0.1) is 5.92 Å². The van der Waals surface area contributed by atoms with Gasteiger partial charge >= 0.3 is 19.1 Å². The first-order valence-electron chi connectivity index (χ1n) is 7.10. The van der Waals surface area contributed by atoms with Gasteiger partial charge in [-0.1, -0.05) is 13.8 Å². The van der Waals surface area contributed by atoms with Crippen LogP contribution < -0.4 is 10.3 Å². The van der Waals surface area contributed by atoms with Gasteiger partial charge in [0.2, 0.25) is 0 Å². The Hall–Kier alpha value is -2.09. The number of carbonyl (C=O) groups is 2.